The molecule has 9 heteroatoms. The fraction of sp³-hybridized carbons (Fsp3) is 0.435. The number of carbonyl (C=O) groups is 1. The van der Waals surface area contributed by atoms with E-state index >= 15 is 0 Å². The van der Waals surface area contributed by atoms with Crippen LogP contribution in [0.1, 0.15) is 38.7 Å². The monoisotopic (exact) mass is 482 g/mol. The van der Waals surface area contributed by atoms with Gasteiger partial charge in [-0.05, 0) is 42.2 Å². The molecule has 0 aliphatic heterocycles. The molecule has 0 spiro atoms. The van der Waals surface area contributed by atoms with Gasteiger partial charge in [-0.15, -0.1) is 0 Å². The van der Waals surface area contributed by atoms with Crippen LogP contribution >= 0.6 is 11.6 Å². The summed E-state index contributed by atoms with van der Waals surface area (Å²) < 4.78 is 37.2. The number of sulfonamides is 1. The van der Waals surface area contributed by atoms with Crippen LogP contribution in [0.25, 0.3) is 0 Å². The number of halogens is 1. The van der Waals surface area contributed by atoms with E-state index < -0.39 is 22.0 Å². The van der Waals surface area contributed by atoms with Crippen molar-refractivity contribution >= 4 is 33.2 Å². The largest absolute Gasteiger partial charge is 0.495 e. The van der Waals surface area contributed by atoms with Crippen LogP contribution in [0.4, 0.5) is 5.69 Å². The summed E-state index contributed by atoms with van der Waals surface area (Å²) in [4.78, 5) is 12.9. The lowest BCUT2D eigenvalue weighted by atomic mass is 10.0. The molecule has 32 heavy (non-hydrogen) atoms. The van der Waals surface area contributed by atoms with E-state index in [0.29, 0.717) is 17.4 Å². The number of methoxy groups -OCH3 is 1. The number of amides is 1. The first-order valence-corrected chi connectivity index (χ1v) is 12.6. The van der Waals surface area contributed by atoms with Gasteiger partial charge in [0.15, 0.2) is 0 Å². The maximum Gasteiger partial charge on any atom is 0.244 e. The highest BCUT2D eigenvalue weighted by atomic mass is 35.5. The fourth-order valence-electron chi connectivity index (χ4n) is 3.39. The van der Waals surface area contributed by atoms with Crippen LogP contribution in [0.15, 0.2) is 42.5 Å². The summed E-state index contributed by atoms with van der Waals surface area (Å²) in [6.07, 6.45) is 1.34. The topological polar surface area (TPSA) is 84.9 Å². The number of para-hydroxylation sites is 1. The molecule has 1 amide bonds. The second-order valence-corrected chi connectivity index (χ2v) is 9.90. The van der Waals surface area contributed by atoms with Crippen LogP contribution in [0.3, 0.4) is 0 Å². The molecule has 7 nitrogen and oxygen atoms in total. The highest BCUT2D eigenvalue weighted by molar-refractivity contribution is 7.92. The fourth-order valence-corrected chi connectivity index (χ4v) is 4.85. The summed E-state index contributed by atoms with van der Waals surface area (Å²) in [5, 5.41) is 3.04. The third-order valence-corrected chi connectivity index (χ3v) is 6.39. The molecule has 0 radical (unpaired) electrons. The molecule has 2 aromatic rings. The predicted octanol–water partition coefficient (Wildman–Crippen LogP) is 4.21. The number of nitrogens with zero attached hydrogens (tertiary/aromatic N) is 1. The first-order valence-electron chi connectivity index (χ1n) is 10.4. The van der Waals surface area contributed by atoms with Gasteiger partial charge in [-0.3, -0.25) is 9.10 Å². The SMILES string of the molecule is CC[C@@H](C(=O)NCCOc1ccccc1C(C)C)N(c1ccc(OC)c(Cl)c1)S(C)(=O)=O. The van der Waals surface area contributed by atoms with Crippen molar-refractivity contribution in [1.29, 1.82) is 0 Å². The average Bonchev–Trinajstić information content (AvgIpc) is 2.74. The lowest BCUT2D eigenvalue weighted by molar-refractivity contribution is -0.122. The van der Waals surface area contributed by atoms with Gasteiger partial charge in [0.2, 0.25) is 15.9 Å². The maximum absolute atomic E-state index is 12.9. The normalized spacial score (nSPS) is 12.3. The third kappa shape index (κ3) is 6.53. The van der Waals surface area contributed by atoms with Crippen molar-refractivity contribution in [2.75, 3.05) is 30.8 Å². The molecule has 1 atom stereocenters. The Hall–Kier alpha value is -2.45. The standard InChI is InChI=1S/C23H31ClN2O5S/c1-6-20(26(32(5,28)29)17-11-12-22(30-4)19(24)15-17)23(27)25-13-14-31-21-10-8-7-9-18(21)16(2)3/h7-12,15-16,20H,6,13-14H2,1-5H3,(H,25,27)/t20-/m0/s1. The Balaban J connectivity index is 2.11. The van der Waals surface area contributed by atoms with Gasteiger partial charge in [0.1, 0.15) is 24.1 Å². The lowest BCUT2D eigenvalue weighted by Gasteiger charge is -2.30. The third-order valence-electron chi connectivity index (χ3n) is 4.92. The highest BCUT2D eigenvalue weighted by Crippen LogP contribution is 2.32. The van der Waals surface area contributed by atoms with E-state index in [4.69, 9.17) is 21.1 Å². The van der Waals surface area contributed by atoms with Gasteiger partial charge in [-0.2, -0.15) is 0 Å². The van der Waals surface area contributed by atoms with Crippen molar-refractivity contribution in [3.63, 3.8) is 0 Å². The molecule has 0 aromatic heterocycles. The predicted molar refractivity (Wildman–Crippen MR) is 128 cm³/mol. The minimum atomic E-state index is -3.76. The van der Waals surface area contributed by atoms with E-state index in [1.807, 2.05) is 24.3 Å². The Morgan fingerprint density at radius 3 is 2.41 bits per heavy atom. The zero-order valence-corrected chi connectivity index (χ0v) is 20.7. The van der Waals surface area contributed by atoms with Crippen molar-refractivity contribution < 1.29 is 22.7 Å². The van der Waals surface area contributed by atoms with Crippen molar-refractivity contribution in [2.24, 2.45) is 0 Å². The molecule has 1 N–H and O–H groups in total. The molecule has 0 fully saturated rings. The van der Waals surface area contributed by atoms with E-state index in [2.05, 4.69) is 19.2 Å². The van der Waals surface area contributed by atoms with E-state index in [1.54, 1.807) is 19.1 Å². The molecule has 176 valence electrons. The number of nitrogens with one attached hydrogen (secondary N) is 1. The number of benzene rings is 2. The summed E-state index contributed by atoms with van der Waals surface area (Å²) in [6.45, 7) is 6.42. The van der Waals surface area contributed by atoms with E-state index in [9.17, 15) is 13.2 Å². The summed E-state index contributed by atoms with van der Waals surface area (Å²) in [5.41, 5.74) is 1.38. The molecule has 0 bridgehead atoms. The van der Waals surface area contributed by atoms with Gasteiger partial charge in [-0.1, -0.05) is 50.6 Å². The van der Waals surface area contributed by atoms with Crippen LogP contribution in [-0.4, -0.2) is 46.9 Å². The molecule has 0 saturated heterocycles. The molecule has 0 saturated carbocycles. The minimum Gasteiger partial charge on any atom is -0.495 e. The van der Waals surface area contributed by atoms with Gasteiger partial charge >= 0.3 is 0 Å². The Bertz CT molecular complexity index is 1030. The van der Waals surface area contributed by atoms with Crippen LogP contribution in [0, 0.1) is 0 Å². The first kappa shape index (κ1) is 25.8. The van der Waals surface area contributed by atoms with Crippen molar-refractivity contribution in [3.8, 4) is 11.5 Å². The van der Waals surface area contributed by atoms with Crippen LogP contribution in [0.2, 0.25) is 5.02 Å². The molecular weight excluding hydrogens is 452 g/mol. The molecule has 0 aliphatic rings. The Morgan fingerprint density at radius 2 is 1.84 bits per heavy atom. The molecule has 0 heterocycles. The summed E-state index contributed by atoms with van der Waals surface area (Å²) in [7, 11) is -2.29. The molecule has 2 aromatic carbocycles. The molecular formula is C23H31ClN2O5S. The molecule has 2 rings (SSSR count). The van der Waals surface area contributed by atoms with Gasteiger partial charge in [0.25, 0.3) is 0 Å². The number of hydrogen-bond donors (Lipinski definition) is 1. The number of rotatable bonds is 11. The second-order valence-electron chi connectivity index (χ2n) is 7.63. The van der Waals surface area contributed by atoms with E-state index in [0.717, 1.165) is 21.9 Å². The van der Waals surface area contributed by atoms with Gasteiger partial charge in [0, 0.05) is 0 Å². The van der Waals surface area contributed by atoms with Gasteiger partial charge in [-0.25, -0.2) is 8.42 Å². The smallest absolute Gasteiger partial charge is 0.244 e. The quantitative estimate of drug-likeness (QED) is 0.485. The Kier molecular flexibility index (Phi) is 9.21. The summed E-state index contributed by atoms with van der Waals surface area (Å²) in [5.74, 6) is 1.09. The first-order chi connectivity index (χ1) is 15.1. The summed E-state index contributed by atoms with van der Waals surface area (Å²) >= 11 is 6.18. The summed E-state index contributed by atoms with van der Waals surface area (Å²) in [6, 6.07) is 11.4. The lowest BCUT2D eigenvalue weighted by Crippen LogP contribution is -2.50. The van der Waals surface area contributed by atoms with E-state index in [-0.39, 0.29) is 24.6 Å². The minimum absolute atomic E-state index is 0.239. The van der Waals surface area contributed by atoms with Crippen LogP contribution in [0.5, 0.6) is 11.5 Å². The van der Waals surface area contributed by atoms with Gasteiger partial charge < -0.3 is 14.8 Å². The number of ether oxygens (including phenoxy) is 2. The van der Waals surface area contributed by atoms with E-state index in [1.165, 1.54) is 13.2 Å². The zero-order chi connectivity index (χ0) is 23.9. The van der Waals surface area contributed by atoms with Crippen LogP contribution in [-0.2, 0) is 14.8 Å². The maximum atomic E-state index is 12.9. The molecule has 0 aliphatic carbocycles. The Labute approximate surface area is 195 Å². The van der Waals surface area contributed by atoms with Crippen molar-refractivity contribution in [1.82, 2.24) is 5.32 Å². The van der Waals surface area contributed by atoms with Crippen molar-refractivity contribution in [3.05, 3.63) is 53.1 Å². The average molecular weight is 483 g/mol. The number of carbonyl (C=O) groups excluding carboxylic acids is 1. The molecule has 0 unspecified atom stereocenters. The van der Waals surface area contributed by atoms with Crippen LogP contribution < -0.4 is 19.1 Å². The number of hydrogen-bond acceptors (Lipinski definition) is 5. The van der Waals surface area contributed by atoms with Crippen molar-refractivity contribution in [2.45, 2.75) is 39.2 Å². The zero-order valence-electron chi connectivity index (χ0n) is 19.1. The number of anilines is 1. The van der Waals surface area contributed by atoms with Gasteiger partial charge in [0.05, 0.1) is 30.6 Å². The highest BCUT2D eigenvalue weighted by Gasteiger charge is 2.31. The Morgan fingerprint density at radius 1 is 1.16 bits per heavy atom. The second kappa shape index (κ2) is 11.4.